The number of rotatable bonds is 7. The normalized spacial score (nSPS) is 28.3. The number of halogens is 2. The maximum atomic E-state index is 13.9. The van der Waals surface area contributed by atoms with E-state index in [1.807, 2.05) is 23.2 Å². The highest BCUT2D eigenvalue weighted by Crippen LogP contribution is 2.54. The molecule has 12 nitrogen and oxygen atoms in total. The number of aromatic amines is 1. The van der Waals surface area contributed by atoms with Gasteiger partial charge in [0.15, 0.2) is 0 Å². The fourth-order valence-corrected chi connectivity index (χ4v) is 12.3. The van der Waals surface area contributed by atoms with E-state index in [4.69, 9.17) is 4.74 Å². The Bertz CT molecular complexity index is 2300. The van der Waals surface area contributed by atoms with Gasteiger partial charge in [-0.3, -0.25) is 34.7 Å². The smallest absolute Gasteiger partial charge is 0.251 e. The van der Waals surface area contributed by atoms with Crippen molar-refractivity contribution in [1.29, 1.82) is 0 Å². The van der Waals surface area contributed by atoms with Crippen molar-refractivity contribution in [1.82, 2.24) is 30.2 Å². The number of hydrogen-bond acceptors (Lipinski definition) is 10. The number of aliphatic hydroxyl groups excluding tert-OH is 1. The molecule has 1 aromatic heterocycles. The topological polar surface area (TPSA) is 121 Å². The number of piperazine rings is 1. The number of benzene rings is 3. The van der Waals surface area contributed by atoms with Gasteiger partial charge in [0.05, 0.1) is 42.1 Å². The van der Waals surface area contributed by atoms with Gasteiger partial charge in [0, 0.05) is 80.5 Å². The lowest BCUT2D eigenvalue weighted by Gasteiger charge is -2.54. The molecule has 4 fully saturated rings. The molecule has 1 saturated carbocycles. The summed E-state index contributed by atoms with van der Waals surface area (Å²) in [5.41, 5.74) is 8.78. The van der Waals surface area contributed by atoms with E-state index in [0.29, 0.717) is 30.9 Å². The number of carbonyl (C=O) groups excluding carboxylic acids is 2. The molecule has 316 valence electrons. The summed E-state index contributed by atoms with van der Waals surface area (Å²) in [5.74, 6) is 0.938. The van der Waals surface area contributed by atoms with Crippen LogP contribution in [0.1, 0.15) is 85.5 Å². The van der Waals surface area contributed by atoms with Crippen LogP contribution in [0.15, 0.2) is 54.7 Å². The largest absolute Gasteiger partial charge is 0.489 e. The summed E-state index contributed by atoms with van der Waals surface area (Å²) >= 11 is 0. The molecule has 2 amide bonds. The van der Waals surface area contributed by atoms with Gasteiger partial charge in [-0.05, 0) is 97.7 Å². The molecule has 14 heteroatoms. The molecule has 60 heavy (non-hydrogen) atoms. The van der Waals surface area contributed by atoms with Crippen LogP contribution in [0.4, 0.5) is 20.2 Å². The minimum atomic E-state index is -2.40. The lowest BCUT2D eigenvalue weighted by molar-refractivity contribution is -0.141. The number of aromatic nitrogens is 2. The molecule has 7 aliphatic rings. The van der Waals surface area contributed by atoms with Gasteiger partial charge < -0.3 is 19.6 Å². The molecule has 3 saturated heterocycles. The second-order valence-corrected chi connectivity index (χ2v) is 18.8. The van der Waals surface area contributed by atoms with Crippen LogP contribution in [-0.4, -0.2) is 119 Å². The first kappa shape index (κ1) is 38.3. The van der Waals surface area contributed by atoms with Crippen LogP contribution in [0.3, 0.4) is 0 Å². The van der Waals surface area contributed by atoms with Gasteiger partial charge in [-0.1, -0.05) is 24.3 Å². The fourth-order valence-electron chi connectivity index (χ4n) is 12.3. The Morgan fingerprint density at radius 2 is 1.78 bits per heavy atom. The predicted octanol–water partition coefficient (Wildman–Crippen LogP) is 5.36. The van der Waals surface area contributed by atoms with Gasteiger partial charge in [-0.2, -0.15) is 5.10 Å². The molecule has 0 bridgehead atoms. The van der Waals surface area contributed by atoms with Crippen LogP contribution in [0.5, 0.6) is 5.75 Å². The molecule has 0 radical (unpaired) electrons. The van der Waals surface area contributed by atoms with Gasteiger partial charge in [0.1, 0.15) is 18.6 Å². The second-order valence-electron chi connectivity index (χ2n) is 18.8. The van der Waals surface area contributed by atoms with E-state index in [1.165, 1.54) is 36.9 Å². The van der Waals surface area contributed by atoms with Gasteiger partial charge in [-0.15, -0.1) is 0 Å². The predicted molar refractivity (Wildman–Crippen MR) is 223 cm³/mol. The number of ether oxygens (including phenoxy) is 1. The van der Waals surface area contributed by atoms with Crippen molar-refractivity contribution < 1.29 is 28.2 Å². The Labute approximate surface area is 348 Å². The molecule has 6 aliphatic heterocycles. The number of nitrogens with one attached hydrogen (secondary N) is 2. The van der Waals surface area contributed by atoms with E-state index in [9.17, 15) is 23.5 Å². The zero-order valence-electron chi connectivity index (χ0n) is 34.2. The zero-order valence-corrected chi connectivity index (χ0v) is 34.2. The van der Waals surface area contributed by atoms with Crippen molar-refractivity contribution in [3.8, 4) is 5.75 Å². The van der Waals surface area contributed by atoms with Crippen molar-refractivity contribution in [2.45, 2.75) is 95.2 Å². The lowest BCUT2D eigenvalue weighted by Crippen LogP contribution is -2.59. The number of anilines is 2. The molecule has 3 aromatic carbocycles. The van der Waals surface area contributed by atoms with E-state index in [1.54, 1.807) is 4.90 Å². The number of aliphatic hydroxyl groups is 1. The highest BCUT2D eigenvalue weighted by Gasteiger charge is 2.48. The van der Waals surface area contributed by atoms with E-state index >= 15 is 0 Å². The van der Waals surface area contributed by atoms with Gasteiger partial charge in [0.2, 0.25) is 11.8 Å². The Morgan fingerprint density at radius 1 is 0.983 bits per heavy atom. The van der Waals surface area contributed by atoms with Crippen LogP contribution in [0.2, 0.25) is 0 Å². The summed E-state index contributed by atoms with van der Waals surface area (Å²) < 4.78 is 34.3. The number of alkyl halides is 2. The van der Waals surface area contributed by atoms with Crippen molar-refractivity contribution in [2.24, 2.45) is 11.3 Å². The summed E-state index contributed by atoms with van der Waals surface area (Å²) in [4.78, 5) is 35.8. The molecule has 11 rings (SSSR count). The molecule has 1 aliphatic carbocycles. The van der Waals surface area contributed by atoms with Crippen molar-refractivity contribution >= 4 is 34.1 Å². The second kappa shape index (κ2) is 14.8. The highest BCUT2D eigenvalue weighted by molar-refractivity contribution is 6.00. The van der Waals surface area contributed by atoms with Crippen LogP contribution < -0.4 is 19.9 Å². The van der Waals surface area contributed by atoms with E-state index in [0.717, 1.165) is 90.3 Å². The third-order valence-corrected chi connectivity index (χ3v) is 15.3. The minimum Gasteiger partial charge on any atom is -0.489 e. The third-order valence-electron chi connectivity index (χ3n) is 15.3. The van der Waals surface area contributed by atoms with Crippen molar-refractivity contribution in [3.05, 3.63) is 82.5 Å². The molecule has 2 unspecified atom stereocenters. The molecular weight excluding hydrogens is 767 g/mol. The van der Waals surface area contributed by atoms with Crippen molar-refractivity contribution in [2.75, 3.05) is 62.2 Å². The molecule has 3 N–H and O–H groups in total. The van der Waals surface area contributed by atoms with Crippen LogP contribution in [0.25, 0.3) is 10.9 Å². The Kier molecular flexibility index (Phi) is 9.43. The third kappa shape index (κ3) is 6.47. The van der Waals surface area contributed by atoms with E-state index in [2.05, 4.69) is 73.5 Å². The average molecular weight is 821 g/mol. The lowest BCUT2D eigenvalue weighted by atomic mass is 9.57. The van der Waals surface area contributed by atoms with Crippen LogP contribution in [0, 0.1) is 11.3 Å². The van der Waals surface area contributed by atoms with Crippen LogP contribution in [-0.2, 0) is 22.6 Å². The number of fused-ring (bicyclic) bond motifs is 8. The van der Waals surface area contributed by atoms with Gasteiger partial charge >= 0.3 is 0 Å². The molecule has 5 atom stereocenters. The summed E-state index contributed by atoms with van der Waals surface area (Å²) in [7, 11) is 0. The number of imide groups is 1. The number of hydrogen-bond donors (Lipinski definition) is 3. The first-order chi connectivity index (χ1) is 29.1. The Balaban J connectivity index is 0.690. The number of carbonyl (C=O) groups is 2. The van der Waals surface area contributed by atoms with Crippen molar-refractivity contribution in [3.63, 3.8) is 0 Å². The molecule has 7 heterocycles. The Hall–Kier alpha value is -4.63. The number of H-pyrrole nitrogens is 1. The van der Waals surface area contributed by atoms with Gasteiger partial charge in [0.25, 0.3) is 6.43 Å². The maximum absolute atomic E-state index is 13.9. The van der Waals surface area contributed by atoms with E-state index < -0.39 is 18.7 Å². The summed E-state index contributed by atoms with van der Waals surface area (Å²) in [5, 5.41) is 22.1. The quantitative estimate of drug-likeness (QED) is 0.211. The average Bonchev–Trinajstić information content (AvgIpc) is 3.85. The van der Waals surface area contributed by atoms with E-state index in [-0.39, 0.29) is 42.9 Å². The Morgan fingerprint density at radius 3 is 2.57 bits per heavy atom. The molecule has 4 aromatic rings. The highest BCUT2D eigenvalue weighted by atomic mass is 19.3. The first-order valence-corrected chi connectivity index (χ1v) is 22.0. The summed E-state index contributed by atoms with van der Waals surface area (Å²) in [6.07, 6.45) is 4.91. The zero-order chi connectivity index (χ0) is 40.9. The first-order valence-electron chi connectivity index (χ1n) is 22.0. The molecule has 1 spiro atoms. The van der Waals surface area contributed by atoms with Gasteiger partial charge in [-0.25, -0.2) is 8.78 Å². The minimum absolute atomic E-state index is 0.0228. The summed E-state index contributed by atoms with van der Waals surface area (Å²) in [6, 6.07) is 16.4. The number of nitrogens with zero attached hydrogens (tertiary/aromatic N) is 6. The molecular formula is C46H54F2N8O4. The SMILES string of the molecule is C[C@@H]1Cc2c(ccc3[nH]ncc23)[C@@H](c2ccc(N3CCC4(CC3)CC(CN3CCN5c6ccc7c(c6OC[C@H]5C3)CN(C3CCC(=O)NC3=O)C7O)C4)cc2)N1CC(F)F. The number of amides is 2. The maximum Gasteiger partial charge on any atom is 0.251 e. The van der Waals surface area contributed by atoms with Crippen LogP contribution >= 0.6 is 0 Å². The number of piperidine rings is 2. The standard InChI is InChI=1S/C46H54F2N8O4/c1-27-18-34-32(6-8-37-35(34)21-49-51-37)42(55(27)25-40(47)48)29-2-4-30(5-3-29)53-14-12-46(13-15-53)19-28(20-46)22-52-16-17-54-31(23-52)26-60-43-36-24-56(39-10-11-41(57)50-44(39)58)45(59)33(36)7-9-38(43)54/h2-9,21,27-28,31,39-40,42,45,59H,10-20,22-26H2,1H3,(H,49,51)(H,50,57,58)/t27-,31-,39?,42-,45?/m1/s1. The monoisotopic (exact) mass is 820 g/mol. The fraction of sp³-hybridized carbons (Fsp3) is 0.543. The summed E-state index contributed by atoms with van der Waals surface area (Å²) in [6.45, 7) is 8.91.